The Morgan fingerprint density at radius 1 is 1.13 bits per heavy atom. The van der Waals surface area contributed by atoms with Crippen molar-refractivity contribution in [2.75, 3.05) is 0 Å². The molecule has 2 aromatic carbocycles. The highest BCUT2D eigenvalue weighted by atomic mass is 19.1. The summed E-state index contributed by atoms with van der Waals surface area (Å²) in [5.74, 6) is -0.246. The number of carbonyl (C=O) groups excluding carboxylic acids is 1. The second-order valence-electron chi connectivity index (χ2n) is 6.98. The summed E-state index contributed by atoms with van der Waals surface area (Å²) in [4.78, 5) is 36.1. The van der Waals surface area contributed by atoms with E-state index in [2.05, 4.69) is 20.3 Å². The number of H-pyrrole nitrogens is 1. The molecule has 4 aromatic rings. The number of aryl methyl sites for hydroxylation is 1. The molecule has 6 nitrogen and oxygen atoms in total. The highest BCUT2D eigenvalue weighted by Crippen LogP contribution is 2.21. The fourth-order valence-electron chi connectivity index (χ4n) is 3.43. The van der Waals surface area contributed by atoms with Crippen LogP contribution in [0.4, 0.5) is 4.39 Å². The molecule has 0 aliphatic heterocycles. The van der Waals surface area contributed by atoms with Gasteiger partial charge in [-0.05, 0) is 36.1 Å². The number of hydrogen-bond donors (Lipinski definition) is 2. The van der Waals surface area contributed by atoms with Gasteiger partial charge in [-0.3, -0.25) is 14.6 Å². The van der Waals surface area contributed by atoms with Crippen LogP contribution < -0.4 is 10.9 Å². The molecule has 0 radical (unpaired) electrons. The molecule has 30 heavy (non-hydrogen) atoms. The molecular weight excluding hydrogens is 383 g/mol. The second-order valence-corrected chi connectivity index (χ2v) is 6.98. The minimum Gasteiger partial charge on any atom is -0.343 e. The van der Waals surface area contributed by atoms with Crippen LogP contribution in [0.5, 0.6) is 0 Å². The predicted molar refractivity (Wildman–Crippen MR) is 112 cm³/mol. The lowest BCUT2D eigenvalue weighted by molar-refractivity contribution is 0.0933. The van der Waals surface area contributed by atoms with Gasteiger partial charge in [0.2, 0.25) is 0 Å². The zero-order valence-corrected chi connectivity index (χ0v) is 16.2. The number of aromatic amines is 1. The lowest BCUT2D eigenvalue weighted by Gasteiger charge is -2.19. The van der Waals surface area contributed by atoms with Crippen LogP contribution in [0.1, 0.15) is 33.6 Å². The lowest BCUT2D eigenvalue weighted by Crippen LogP contribution is -2.31. The van der Waals surface area contributed by atoms with Crippen LogP contribution in [0.25, 0.3) is 10.8 Å². The second kappa shape index (κ2) is 8.24. The molecule has 2 N–H and O–H groups in total. The van der Waals surface area contributed by atoms with Crippen LogP contribution >= 0.6 is 0 Å². The van der Waals surface area contributed by atoms with Crippen molar-refractivity contribution in [3.63, 3.8) is 0 Å². The standard InChI is InChI=1S/C23H19FN4O2/c1-14-26-18(13-21(29)27-14)12-20(16-6-8-17(24)9-7-16)28-23(30)22-19-5-3-2-4-15(19)10-11-25-22/h2-11,13,20H,12H2,1H3,(H,28,30)(H,26,27,29)/t20-/m0/s1. The van der Waals surface area contributed by atoms with Crippen LogP contribution in [0.15, 0.2) is 71.7 Å². The fraction of sp³-hybridized carbons (Fsp3) is 0.130. The molecular formula is C23H19FN4O2. The Morgan fingerprint density at radius 2 is 1.90 bits per heavy atom. The maximum Gasteiger partial charge on any atom is 0.271 e. The summed E-state index contributed by atoms with van der Waals surface area (Å²) in [6.07, 6.45) is 1.86. The minimum absolute atomic E-state index is 0.266. The van der Waals surface area contributed by atoms with Gasteiger partial charge in [-0.15, -0.1) is 0 Å². The normalized spacial score (nSPS) is 11.9. The Morgan fingerprint density at radius 3 is 2.67 bits per heavy atom. The average Bonchev–Trinajstić information content (AvgIpc) is 2.72. The number of amides is 1. The number of aromatic nitrogens is 3. The molecule has 4 rings (SSSR count). The third kappa shape index (κ3) is 4.25. The van der Waals surface area contributed by atoms with Gasteiger partial charge in [0, 0.05) is 24.1 Å². The predicted octanol–water partition coefficient (Wildman–Crippen LogP) is 3.48. The van der Waals surface area contributed by atoms with E-state index in [0.717, 1.165) is 10.8 Å². The molecule has 0 fully saturated rings. The number of carbonyl (C=O) groups is 1. The summed E-state index contributed by atoms with van der Waals surface area (Å²) in [6, 6.07) is 16.1. The van der Waals surface area contributed by atoms with Crippen LogP contribution in [0.2, 0.25) is 0 Å². The van der Waals surface area contributed by atoms with Crippen molar-refractivity contribution in [1.29, 1.82) is 0 Å². The van der Waals surface area contributed by atoms with E-state index in [-0.39, 0.29) is 23.7 Å². The SMILES string of the molecule is Cc1nc(C[C@H](NC(=O)c2nccc3ccccc23)c2ccc(F)cc2)cc(=O)[nH]1. The van der Waals surface area contributed by atoms with Gasteiger partial charge in [-0.25, -0.2) is 9.37 Å². The zero-order chi connectivity index (χ0) is 21.1. The summed E-state index contributed by atoms with van der Waals surface area (Å²) >= 11 is 0. The van der Waals surface area contributed by atoms with Crippen molar-refractivity contribution >= 4 is 16.7 Å². The van der Waals surface area contributed by atoms with E-state index in [1.807, 2.05) is 30.3 Å². The number of nitrogens with zero attached hydrogens (tertiary/aromatic N) is 2. The number of nitrogens with one attached hydrogen (secondary N) is 2. The Bertz CT molecular complexity index is 1260. The third-order valence-corrected chi connectivity index (χ3v) is 4.79. The van der Waals surface area contributed by atoms with Crippen molar-refractivity contribution in [2.24, 2.45) is 0 Å². The first-order chi connectivity index (χ1) is 14.5. The summed E-state index contributed by atoms with van der Waals surface area (Å²) in [7, 11) is 0. The molecule has 1 atom stereocenters. The first-order valence-electron chi connectivity index (χ1n) is 9.46. The quantitative estimate of drug-likeness (QED) is 0.535. The number of hydrogen-bond acceptors (Lipinski definition) is 4. The summed E-state index contributed by atoms with van der Waals surface area (Å²) in [5.41, 5.74) is 1.26. The number of rotatable bonds is 5. The third-order valence-electron chi connectivity index (χ3n) is 4.79. The molecule has 2 heterocycles. The van der Waals surface area contributed by atoms with Gasteiger partial charge in [-0.2, -0.15) is 0 Å². The molecule has 7 heteroatoms. The summed E-state index contributed by atoms with van der Waals surface area (Å²) in [6.45, 7) is 1.69. The van der Waals surface area contributed by atoms with Crippen molar-refractivity contribution in [1.82, 2.24) is 20.3 Å². The van der Waals surface area contributed by atoms with Gasteiger partial charge in [0.05, 0.1) is 11.7 Å². The van der Waals surface area contributed by atoms with E-state index in [1.165, 1.54) is 18.2 Å². The van der Waals surface area contributed by atoms with Gasteiger partial charge in [0.25, 0.3) is 11.5 Å². The number of halogens is 1. The van der Waals surface area contributed by atoms with Gasteiger partial charge in [0.15, 0.2) is 0 Å². The average molecular weight is 402 g/mol. The number of benzene rings is 2. The van der Waals surface area contributed by atoms with Gasteiger partial charge < -0.3 is 10.3 Å². The summed E-state index contributed by atoms with van der Waals surface area (Å²) in [5, 5.41) is 4.61. The first kappa shape index (κ1) is 19.4. The highest BCUT2D eigenvalue weighted by molar-refractivity contribution is 6.05. The molecule has 2 aromatic heterocycles. The highest BCUT2D eigenvalue weighted by Gasteiger charge is 2.20. The number of pyridine rings is 1. The lowest BCUT2D eigenvalue weighted by atomic mass is 10.0. The summed E-state index contributed by atoms with van der Waals surface area (Å²) < 4.78 is 13.4. The van der Waals surface area contributed by atoms with E-state index in [0.29, 0.717) is 22.8 Å². The molecule has 0 aliphatic carbocycles. The molecule has 0 aliphatic rings. The monoisotopic (exact) mass is 402 g/mol. The molecule has 150 valence electrons. The minimum atomic E-state index is -0.521. The molecule has 0 saturated carbocycles. The van der Waals surface area contributed by atoms with Crippen LogP contribution in [-0.2, 0) is 6.42 Å². The Labute approximate surface area is 171 Å². The molecule has 1 amide bonds. The van der Waals surface area contributed by atoms with Crippen LogP contribution in [0, 0.1) is 12.7 Å². The van der Waals surface area contributed by atoms with Crippen molar-refractivity contribution in [2.45, 2.75) is 19.4 Å². The van der Waals surface area contributed by atoms with Crippen LogP contribution in [-0.4, -0.2) is 20.9 Å². The Hall–Kier alpha value is -3.87. The molecule has 0 spiro atoms. The van der Waals surface area contributed by atoms with E-state index in [1.54, 1.807) is 25.3 Å². The van der Waals surface area contributed by atoms with Gasteiger partial charge in [-0.1, -0.05) is 36.4 Å². The van der Waals surface area contributed by atoms with Gasteiger partial charge >= 0.3 is 0 Å². The molecule has 0 saturated heterocycles. The molecule has 0 unspecified atom stereocenters. The first-order valence-corrected chi connectivity index (χ1v) is 9.46. The fourth-order valence-corrected chi connectivity index (χ4v) is 3.43. The van der Waals surface area contributed by atoms with E-state index in [9.17, 15) is 14.0 Å². The Balaban J connectivity index is 1.69. The maximum atomic E-state index is 13.4. The zero-order valence-electron chi connectivity index (χ0n) is 16.2. The van der Waals surface area contributed by atoms with Crippen LogP contribution in [0.3, 0.4) is 0 Å². The van der Waals surface area contributed by atoms with E-state index >= 15 is 0 Å². The van der Waals surface area contributed by atoms with E-state index < -0.39 is 6.04 Å². The topological polar surface area (TPSA) is 87.7 Å². The number of fused-ring (bicyclic) bond motifs is 1. The largest absolute Gasteiger partial charge is 0.343 e. The van der Waals surface area contributed by atoms with Gasteiger partial charge in [0.1, 0.15) is 17.3 Å². The van der Waals surface area contributed by atoms with E-state index in [4.69, 9.17) is 0 Å². The maximum absolute atomic E-state index is 13.4. The smallest absolute Gasteiger partial charge is 0.271 e. The van der Waals surface area contributed by atoms with Crippen molar-refractivity contribution < 1.29 is 9.18 Å². The molecule has 0 bridgehead atoms. The van der Waals surface area contributed by atoms with Crippen molar-refractivity contribution in [3.05, 3.63) is 106 Å². The van der Waals surface area contributed by atoms with Crippen molar-refractivity contribution in [3.8, 4) is 0 Å². The Kier molecular flexibility index (Phi) is 5.34.